The number of nitrogens with zero attached hydrogens (tertiary/aromatic N) is 1. The van der Waals surface area contributed by atoms with Crippen LogP contribution in [0.3, 0.4) is 0 Å². The van der Waals surface area contributed by atoms with Crippen LogP contribution in [0.25, 0.3) is 6.08 Å². The van der Waals surface area contributed by atoms with E-state index in [4.69, 9.17) is 16.3 Å². The number of carbonyl (C=O) groups excluding carboxylic acids is 3. The van der Waals surface area contributed by atoms with E-state index < -0.39 is 0 Å². The number of amides is 3. The molecule has 2 N–H and O–H groups in total. The van der Waals surface area contributed by atoms with Gasteiger partial charge < -0.3 is 20.3 Å². The summed E-state index contributed by atoms with van der Waals surface area (Å²) in [4.78, 5) is 40.1. The molecule has 0 bridgehead atoms. The average Bonchev–Trinajstić information content (AvgIpc) is 2.84. The van der Waals surface area contributed by atoms with Gasteiger partial charge in [0, 0.05) is 24.2 Å². The maximum Gasteiger partial charge on any atom is 0.255 e. The highest BCUT2D eigenvalue weighted by Crippen LogP contribution is 2.23. The van der Waals surface area contributed by atoms with Crippen molar-refractivity contribution in [1.29, 1.82) is 0 Å². The molecule has 0 unspecified atom stereocenters. The van der Waals surface area contributed by atoms with Gasteiger partial charge >= 0.3 is 0 Å². The lowest BCUT2D eigenvalue weighted by atomic mass is 10.1. The molecule has 1 atom stereocenters. The van der Waals surface area contributed by atoms with Gasteiger partial charge in [-0.2, -0.15) is 0 Å². The Labute approximate surface area is 211 Å². The van der Waals surface area contributed by atoms with Crippen LogP contribution in [0.15, 0.2) is 54.6 Å². The Morgan fingerprint density at radius 2 is 1.91 bits per heavy atom. The molecule has 3 rings (SSSR count). The second-order valence-corrected chi connectivity index (χ2v) is 9.27. The molecule has 1 aliphatic rings. The van der Waals surface area contributed by atoms with Crippen LogP contribution < -0.4 is 15.4 Å². The van der Waals surface area contributed by atoms with Crippen molar-refractivity contribution in [2.45, 2.75) is 32.7 Å². The van der Waals surface area contributed by atoms with E-state index in [9.17, 15) is 14.4 Å². The standard InChI is InChI=1S/C27H32ClN3O4/c1-19(2)23-18-35-24-12-11-21(28)16-22(24)27(34)29-14-6-7-15-31(17-25(32)30-23)26(33)13-10-20-8-4-3-5-9-20/h3-5,8-13,16,19,23H,6-7,14-15,17-18H2,1-2H3,(H,29,34)(H,30,32)/b13-10+/t23-/m0/s1. The number of nitrogens with one attached hydrogen (secondary N) is 2. The summed E-state index contributed by atoms with van der Waals surface area (Å²) in [6, 6.07) is 14.1. The summed E-state index contributed by atoms with van der Waals surface area (Å²) in [7, 11) is 0. The summed E-state index contributed by atoms with van der Waals surface area (Å²) in [5.41, 5.74) is 1.26. The van der Waals surface area contributed by atoms with Gasteiger partial charge in [-0.3, -0.25) is 14.4 Å². The van der Waals surface area contributed by atoms with E-state index in [2.05, 4.69) is 10.6 Å². The fourth-order valence-electron chi connectivity index (χ4n) is 3.64. The van der Waals surface area contributed by atoms with Crippen molar-refractivity contribution < 1.29 is 19.1 Å². The van der Waals surface area contributed by atoms with Crippen molar-refractivity contribution in [2.75, 3.05) is 26.2 Å². The van der Waals surface area contributed by atoms with E-state index in [1.54, 1.807) is 24.3 Å². The second-order valence-electron chi connectivity index (χ2n) is 8.84. The second kappa shape index (κ2) is 13.0. The third kappa shape index (κ3) is 8.14. The van der Waals surface area contributed by atoms with Crippen LogP contribution in [-0.4, -0.2) is 54.9 Å². The van der Waals surface area contributed by atoms with E-state index in [1.807, 2.05) is 44.2 Å². The highest BCUT2D eigenvalue weighted by Gasteiger charge is 2.22. The molecule has 8 heteroatoms. The fourth-order valence-corrected chi connectivity index (χ4v) is 3.81. The molecule has 7 nitrogen and oxygen atoms in total. The molecule has 0 spiro atoms. The van der Waals surface area contributed by atoms with Crippen LogP contribution in [0.2, 0.25) is 5.02 Å². The number of carbonyl (C=O) groups is 3. The van der Waals surface area contributed by atoms with E-state index >= 15 is 0 Å². The third-order valence-corrected chi connectivity index (χ3v) is 6.00. The Kier molecular flexibility index (Phi) is 9.73. The minimum Gasteiger partial charge on any atom is -0.491 e. The number of ether oxygens (including phenoxy) is 1. The van der Waals surface area contributed by atoms with Gasteiger partial charge in [-0.15, -0.1) is 0 Å². The summed E-state index contributed by atoms with van der Waals surface area (Å²) in [6.45, 7) is 4.89. The molecule has 0 saturated heterocycles. The number of fused-ring (bicyclic) bond motifs is 1. The highest BCUT2D eigenvalue weighted by molar-refractivity contribution is 6.31. The first-order valence-electron chi connectivity index (χ1n) is 11.9. The molecule has 35 heavy (non-hydrogen) atoms. The van der Waals surface area contributed by atoms with E-state index in [0.717, 1.165) is 5.56 Å². The molecule has 3 amide bonds. The largest absolute Gasteiger partial charge is 0.491 e. The predicted octanol–water partition coefficient (Wildman–Crippen LogP) is 3.93. The Morgan fingerprint density at radius 1 is 1.14 bits per heavy atom. The van der Waals surface area contributed by atoms with Gasteiger partial charge in [0.25, 0.3) is 5.91 Å². The summed E-state index contributed by atoms with van der Waals surface area (Å²) < 4.78 is 5.95. The van der Waals surface area contributed by atoms with Gasteiger partial charge in [0.05, 0.1) is 18.2 Å². The molecule has 186 valence electrons. The number of benzene rings is 2. The third-order valence-electron chi connectivity index (χ3n) is 5.76. The lowest BCUT2D eigenvalue weighted by Gasteiger charge is -2.26. The molecule has 2 aromatic carbocycles. The van der Waals surface area contributed by atoms with Crippen molar-refractivity contribution in [3.05, 3.63) is 70.8 Å². The predicted molar refractivity (Wildman–Crippen MR) is 137 cm³/mol. The zero-order valence-corrected chi connectivity index (χ0v) is 20.9. The number of hydrogen-bond acceptors (Lipinski definition) is 4. The quantitative estimate of drug-likeness (QED) is 0.629. The lowest BCUT2D eigenvalue weighted by molar-refractivity contribution is -0.133. The van der Waals surface area contributed by atoms with Crippen molar-refractivity contribution in [3.8, 4) is 5.75 Å². The topological polar surface area (TPSA) is 87.7 Å². The van der Waals surface area contributed by atoms with E-state index in [1.165, 1.54) is 11.0 Å². The maximum absolute atomic E-state index is 12.9. The molecule has 1 aliphatic heterocycles. The first-order chi connectivity index (χ1) is 16.8. The Hall–Kier alpha value is -3.32. The van der Waals surface area contributed by atoms with E-state index in [-0.39, 0.29) is 42.8 Å². The van der Waals surface area contributed by atoms with Gasteiger partial charge in [0.2, 0.25) is 11.8 Å². The summed E-state index contributed by atoms with van der Waals surface area (Å²) in [6.07, 6.45) is 4.50. The van der Waals surface area contributed by atoms with Crippen molar-refractivity contribution in [3.63, 3.8) is 0 Å². The molecule has 0 aromatic heterocycles. The normalized spacial score (nSPS) is 18.2. The van der Waals surface area contributed by atoms with Gasteiger partial charge in [-0.25, -0.2) is 0 Å². The molecular formula is C27H32ClN3O4. The SMILES string of the molecule is CC(C)[C@@H]1COc2ccc(Cl)cc2C(=O)NCCCCN(C(=O)/C=C/c2ccccc2)CC(=O)N1. The summed E-state index contributed by atoms with van der Waals surface area (Å²) >= 11 is 6.11. The van der Waals surface area contributed by atoms with Crippen molar-refractivity contribution in [2.24, 2.45) is 5.92 Å². The van der Waals surface area contributed by atoms with Gasteiger partial charge in [-0.1, -0.05) is 55.8 Å². The molecule has 0 radical (unpaired) electrons. The van der Waals surface area contributed by atoms with E-state index in [0.29, 0.717) is 42.3 Å². The monoisotopic (exact) mass is 497 g/mol. The molecule has 1 heterocycles. The van der Waals surface area contributed by atoms with Gasteiger partial charge in [0.15, 0.2) is 0 Å². The minimum atomic E-state index is -0.309. The molecule has 0 aliphatic carbocycles. The fraction of sp³-hybridized carbons (Fsp3) is 0.370. The zero-order chi connectivity index (χ0) is 25.2. The smallest absolute Gasteiger partial charge is 0.255 e. The first-order valence-corrected chi connectivity index (χ1v) is 12.2. The van der Waals surface area contributed by atoms with Crippen molar-refractivity contribution >= 4 is 35.4 Å². The van der Waals surface area contributed by atoms with Gasteiger partial charge in [-0.05, 0) is 48.6 Å². The van der Waals surface area contributed by atoms with Crippen LogP contribution in [-0.2, 0) is 9.59 Å². The van der Waals surface area contributed by atoms with Crippen LogP contribution in [0, 0.1) is 5.92 Å². The number of rotatable bonds is 3. The molecule has 0 fully saturated rings. The average molecular weight is 498 g/mol. The first kappa shape index (κ1) is 26.3. The highest BCUT2D eigenvalue weighted by atomic mass is 35.5. The van der Waals surface area contributed by atoms with Crippen LogP contribution in [0.4, 0.5) is 0 Å². The number of halogens is 1. The van der Waals surface area contributed by atoms with Crippen LogP contribution in [0.1, 0.15) is 42.6 Å². The van der Waals surface area contributed by atoms with Crippen molar-refractivity contribution in [1.82, 2.24) is 15.5 Å². The Morgan fingerprint density at radius 3 is 2.66 bits per heavy atom. The molecule has 0 saturated carbocycles. The van der Waals surface area contributed by atoms with Crippen LogP contribution in [0.5, 0.6) is 5.75 Å². The van der Waals surface area contributed by atoms with Gasteiger partial charge in [0.1, 0.15) is 12.4 Å². The number of hydrogen-bond donors (Lipinski definition) is 2. The minimum absolute atomic E-state index is 0.0558. The maximum atomic E-state index is 12.9. The summed E-state index contributed by atoms with van der Waals surface area (Å²) in [5.74, 6) is -0.294. The lowest BCUT2D eigenvalue weighted by Crippen LogP contribution is -2.48. The molecule has 2 aromatic rings. The van der Waals surface area contributed by atoms with Crippen LogP contribution >= 0.6 is 11.6 Å². The summed E-state index contributed by atoms with van der Waals surface area (Å²) in [5, 5.41) is 6.32. The zero-order valence-electron chi connectivity index (χ0n) is 20.1. The molecular weight excluding hydrogens is 466 g/mol. The Bertz CT molecular complexity index is 1060. The Balaban J connectivity index is 1.77.